The van der Waals surface area contributed by atoms with E-state index < -0.39 is 0 Å². The molecule has 5 heteroatoms. The van der Waals surface area contributed by atoms with Crippen molar-refractivity contribution in [3.05, 3.63) is 42.0 Å². The van der Waals surface area contributed by atoms with Gasteiger partial charge in [0.05, 0.1) is 0 Å². The molecule has 0 saturated carbocycles. The molecule has 0 saturated heterocycles. The largest absolute Gasteiger partial charge is 0.370 e. The summed E-state index contributed by atoms with van der Waals surface area (Å²) in [5, 5.41) is 3.38. The van der Waals surface area contributed by atoms with Gasteiger partial charge in [-0.25, -0.2) is 9.97 Å². The Bertz CT molecular complexity index is 556. The molecule has 112 valence electrons. The summed E-state index contributed by atoms with van der Waals surface area (Å²) in [6.45, 7) is 5.99. The van der Waals surface area contributed by atoms with E-state index in [9.17, 15) is 0 Å². The van der Waals surface area contributed by atoms with Crippen molar-refractivity contribution in [3.8, 4) is 0 Å². The zero-order valence-corrected chi connectivity index (χ0v) is 13.0. The SMILES string of the molecule is CCCNc1ncnc(N(C)Cc2cccnc2)c1CC. The van der Waals surface area contributed by atoms with Gasteiger partial charge in [0.1, 0.15) is 18.0 Å². The Morgan fingerprint density at radius 3 is 2.76 bits per heavy atom. The molecule has 0 radical (unpaired) electrons. The zero-order chi connectivity index (χ0) is 15.1. The molecule has 2 heterocycles. The Kier molecular flexibility index (Phi) is 5.49. The number of aromatic nitrogens is 3. The lowest BCUT2D eigenvalue weighted by molar-refractivity contribution is 0.862. The molecule has 0 fully saturated rings. The molecule has 0 aromatic carbocycles. The molecule has 2 aromatic heterocycles. The topological polar surface area (TPSA) is 53.9 Å². The maximum atomic E-state index is 4.47. The molecule has 2 rings (SSSR count). The minimum atomic E-state index is 0.783. The van der Waals surface area contributed by atoms with Crippen LogP contribution in [-0.4, -0.2) is 28.5 Å². The summed E-state index contributed by atoms with van der Waals surface area (Å²) in [7, 11) is 2.05. The van der Waals surface area contributed by atoms with Gasteiger partial charge in [0.25, 0.3) is 0 Å². The van der Waals surface area contributed by atoms with Crippen molar-refractivity contribution in [1.82, 2.24) is 15.0 Å². The Labute approximate surface area is 126 Å². The van der Waals surface area contributed by atoms with E-state index in [0.29, 0.717) is 0 Å². The van der Waals surface area contributed by atoms with Gasteiger partial charge < -0.3 is 10.2 Å². The molecule has 0 aliphatic rings. The van der Waals surface area contributed by atoms with Crippen LogP contribution in [0.5, 0.6) is 0 Å². The van der Waals surface area contributed by atoms with Gasteiger partial charge in [0.2, 0.25) is 0 Å². The summed E-state index contributed by atoms with van der Waals surface area (Å²) >= 11 is 0. The highest BCUT2D eigenvalue weighted by Gasteiger charge is 2.13. The predicted octanol–water partition coefficient (Wildman–Crippen LogP) is 2.89. The Morgan fingerprint density at radius 2 is 2.10 bits per heavy atom. The fourth-order valence-corrected chi connectivity index (χ4v) is 2.29. The Morgan fingerprint density at radius 1 is 1.24 bits per heavy atom. The first-order valence-electron chi connectivity index (χ1n) is 7.44. The summed E-state index contributed by atoms with van der Waals surface area (Å²) in [4.78, 5) is 15.2. The fourth-order valence-electron chi connectivity index (χ4n) is 2.29. The van der Waals surface area contributed by atoms with Gasteiger partial charge in [-0.05, 0) is 24.5 Å². The molecule has 0 aliphatic carbocycles. The molecule has 0 atom stereocenters. The molecule has 0 aliphatic heterocycles. The summed E-state index contributed by atoms with van der Waals surface area (Å²) in [5.41, 5.74) is 2.33. The number of anilines is 2. The Balaban J connectivity index is 2.21. The second-order valence-corrected chi connectivity index (χ2v) is 5.02. The van der Waals surface area contributed by atoms with Crippen molar-refractivity contribution in [2.24, 2.45) is 0 Å². The average molecular weight is 285 g/mol. The summed E-state index contributed by atoms with van der Waals surface area (Å²) in [6, 6.07) is 4.03. The number of hydrogen-bond donors (Lipinski definition) is 1. The van der Waals surface area contributed by atoms with E-state index in [2.05, 4.69) is 52.1 Å². The maximum Gasteiger partial charge on any atom is 0.137 e. The average Bonchev–Trinajstić information content (AvgIpc) is 2.53. The summed E-state index contributed by atoms with van der Waals surface area (Å²) < 4.78 is 0. The first kappa shape index (κ1) is 15.2. The van der Waals surface area contributed by atoms with E-state index in [0.717, 1.165) is 43.1 Å². The highest BCUT2D eigenvalue weighted by atomic mass is 15.2. The van der Waals surface area contributed by atoms with Crippen molar-refractivity contribution in [2.75, 3.05) is 23.8 Å². The minimum Gasteiger partial charge on any atom is -0.370 e. The predicted molar refractivity (Wildman–Crippen MR) is 86.5 cm³/mol. The standard InChI is InChI=1S/C16H23N5/c1-4-8-18-15-14(5-2)16(20-12-19-15)21(3)11-13-7-6-9-17-10-13/h6-7,9-10,12H,4-5,8,11H2,1-3H3,(H,18,19,20). The van der Waals surface area contributed by atoms with E-state index in [-0.39, 0.29) is 0 Å². The number of rotatable bonds is 7. The third-order valence-corrected chi connectivity index (χ3v) is 3.32. The smallest absolute Gasteiger partial charge is 0.137 e. The molecular formula is C16H23N5. The van der Waals surface area contributed by atoms with Crippen molar-refractivity contribution >= 4 is 11.6 Å². The lowest BCUT2D eigenvalue weighted by atomic mass is 10.2. The van der Waals surface area contributed by atoms with Gasteiger partial charge >= 0.3 is 0 Å². The lowest BCUT2D eigenvalue weighted by Gasteiger charge is -2.22. The van der Waals surface area contributed by atoms with Crippen LogP contribution in [0.4, 0.5) is 11.6 Å². The van der Waals surface area contributed by atoms with Crippen LogP contribution in [0.1, 0.15) is 31.4 Å². The molecule has 0 spiro atoms. The van der Waals surface area contributed by atoms with E-state index >= 15 is 0 Å². The van der Waals surface area contributed by atoms with E-state index in [1.165, 1.54) is 5.56 Å². The van der Waals surface area contributed by atoms with Crippen LogP contribution in [-0.2, 0) is 13.0 Å². The van der Waals surface area contributed by atoms with Crippen LogP contribution < -0.4 is 10.2 Å². The number of hydrogen-bond acceptors (Lipinski definition) is 5. The zero-order valence-electron chi connectivity index (χ0n) is 13.0. The van der Waals surface area contributed by atoms with Crippen LogP contribution in [0.25, 0.3) is 0 Å². The van der Waals surface area contributed by atoms with Gasteiger partial charge in [0, 0.05) is 38.1 Å². The molecule has 0 unspecified atom stereocenters. The first-order valence-corrected chi connectivity index (χ1v) is 7.44. The van der Waals surface area contributed by atoms with Gasteiger partial charge in [-0.1, -0.05) is 19.9 Å². The van der Waals surface area contributed by atoms with E-state index in [1.807, 2.05) is 12.3 Å². The molecule has 2 aromatic rings. The second kappa shape index (κ2) is 7.57. The minimum absolute atomic E-state index is 0.783. The first-order chi connectivity index (χ1) is 10.3. The lowest BCUT2D eigenvalue weighted by Crippen LogP contribution is -2.21. The van der Waals surface area contributed by atoms with Crippen LogP contribution in [0.15, 0.2) is 30.9 Å². The van der Waals surface area contributed by atoms with Gasteiger partial charge in [-0.15, -0.1) is 0 Å². The maximum absolute atomic E-state index is 4.47. The number of nitrogens with one attached hydrogen (secondary N) is 1. The summed E-state index contributed by atoms with van der Waals surface area (Å²) in [5.74, 6) is 1.93. The van der Waals surface area contributed by atoms with Gasteiger partial charge in [-0.2, -0.15) is 0 Å². The van der Waals surface area contributed by atoms with E-state index in [1.54, 1.807) is 12.5 Å². The fraction of sp³-hybridized carbons (Fsp3) is 0.438. The van der Waals surface area contributed by atoms with Crippen LogP contribution >= 0.6 is 0 Å². The molecular weight excluding hydrogens is 262 g/mol. The van der Waals surface area contributed by atoms with Gasteiger partial charge in [0.15, 0.2) is 0 Å². The normalized spacial score (nSPS) is 10.4. The van der Waals surface area contributed by atoms with Crippen LogP contribution in [0.3, 0.4) is 0 Å². The van der Waals surface area contributed by atoms with Gasteiger partial charge in [-0.3, -0.25) is 4.98 Å². The number of pyridine rings is 1. The van der Waals surface area contributed by atoms with Crippen LogP contribution in [0, 0.1) is 0 Å². The third-order valence-electron chi connectivity index (χ3n) is 3.32. The number of nitrogens with zero attached hydrogens (tertiary/aromatic N) is 4. The second-order valence-electron chi connectivity index (χ2n) is 5.02. The van der Waals surface area contributed by atoms with E-state index in [4.69, 9.17) is 0 Å². The van der Waals surface area contributed by atoms with Crippen molar-refractivity contribution in [1.29, 1.82) is 0 Å². The monoisotopic (exact) mass is 285 g/mol. The molecule has 1 N–H and O–H groups in total. The molecule has 5 nitrogen and oxygen atoms in total. The molecule has 21 heavy (non-hydrogen) atoms. The third kappa shape index (κ3) is 3.90. The highest BCUT2D eigenvalue weighted by molar-refractivity contribution is 5.58. The molecule has 0 bridgehead atoms. The van der Waals surface area contributed by atoms with Crippen LogP contribution in [0.2, 0.25) is 0 Å². The van der Waals surface area contributed by atoms with Crippen molar-refractivity contribution in [2.45, 2.75) is 33.2 Å². The van der Waals surface area contributed by atoms with Crippen molar-refractivity contribution < 1.29 is 0 Å². The Hall–Kier alpha value is -2.17. The highest BCUT2D eigenvalue weighted by Crippen LogP contribution is 2.24. The van der Waals surface area contributed by atoms with Crippen molar-refractivity contribution in [3.63, 3.8) is 0 Å². The molecule has 0 amide bonds. The summed E-state index contributed by atoms with van der Waals surface area (Å²) in [6.07, 6.45) is 7.29. The quantitative estimate of drug-likeness (QED) is 0.847.